The maximum atomic E-state index is 13.2. The highest BCUT2D eigenvalue weighted by Crippen LogP contribution is 2.34. The second-order valence-corrected chi connectivity index (χ2v) is 12.5. The van der Waals surface area contributed by atoms with E-state index in [-0.39, 0.29) is 41.0 Å². The lowest BCUT2D eigenvalue weighted by Gasteiger charge is -2.30. The first-order valence-corrected chi connectivity index (χ1v) is 13.6. The Morgan fingerprint density at radius 2 is 2.00 bits per heavy atom. The largest absolute Gasteiger partial charge is 0.392 e. The number of aliphatic hydroxyl groups excluding tert-OH is 1. The number of fused-ring (bicyclic) bond motifs is 1. The number of carbonyl (C=O) groups excluding carboxylic acids is 1. The average Bonchev–Trinajstić information content (AvgIpc) is 3.37. The minimum absolute atomic E-state index is 0.00924. The predicted octanol–water partition coefficient (Wildman–Crippen LogP) is 3.18. The number of nitrogens with zero attached hydrogens (tertiary/aromatic N) is 5. The van der Waals surface area contributed by atoms with E-state index in [1.165, 1.54) is 13.1 Å². The predicted molar refractivity (Wildman–Crippen MR) is 136 cm³/mol. The Morgan fingerprint density at radius 3 is 2.51 bits per heavy atom. The third kappa shape index (κ3) is 7.45. The summed E-state index contributed by atoms with van der Waals surface area (Å²) in [7, 11) is -2.10. The lowest BCUT2D eigenvalue weighted by molar-refractivity contribution is -0.117. The SMILES string of the molecule is CN1CCC(O)C1.Cc1nn(C(F)F)cc1S(=O)(=O)N1CCCc2ncc(NC(=O)CC(C)(C)C)cc21. The molecule has 2 aromatic heterocycles. The van der Waals surface area contributed by atoms with Crippen molar-refractivity contribution in [3.8, 4) is 0 Å². The van der Waals surface area contributed by atoms with Crippen molar-refractivity contribution in [3.05, 3.63) is 29.8 Å². The number of pyridine rings is 1. The summed E-state index contributed by atoms with van der Waals surface area (Å²) >= 11 is 0. The summed E-state index contributed by atoms with van der Waals surface area (Å²) in [5.74, 6) is -0.205. The highest BCUT2D eigenvalue weighted by molar-refractivity contribution is 7.92. The fourth-order valence-electron chi connectivity index (χ4n) is 4.25. The lowest BCUT2D eigenvalue weighted by Crippen LogP contribution is -2.36. The summed E-state index contributed by atoms with van der Waals surface area (Å²) in [5, 5.41) is 15.2. The smallest absolute Gasteiger partial charge is 0.333 e. The molecule has 13 heteroatoms. The Labute approximate surface area is 216 Å². The maximum absolute atomic E-state index is 13.2. The zero-order valence-electron chi connectivity index (χ0n) is 21.9. The number of halogens is 2. The molecule has 1 fully saturated rings. The number of carbonyl (C=O) groups is 1. The van der Waals surface area contributed by atoms with E-state index in [9.17, 15) is 22.0 Å². The summed E-state index contributed by atoms with van der Waals surface area (Å²) in [5.41, 5.74) is 1.07. The van der Waals surface area contributed by atoms with Gasteiger partial charge in [0.1, 0.15) is 4.90 Å². The average molecular weight is 543 g/mol. The van der Waals surface area contributed by atoms with Gasteiger partial charge in [-0.2, -0.15) is 13.9 Å². The molecule has 4 heterocycles. The Morgan fingerprint density at radius 1 is 1.30 bits per heavy atom. The van der Waals surface area contributed by atoms with Crippen LogP contribution in [0, 0.1) is 12.3 Å². The van der Waals surface area contributed by atoms with Crippen molar-refractivity contribution in [2.75, 3.05) is 36.3 Å². The Bertz CT molecular complexity index is 1200. The number of amides is 1. The standard InChI is InChI=1S/C19H25F2N5O3S.C5H11NO/c1-12-16(11-25(24-12)18(20)21)30(28,29)26-7-5-6-14-15(26)8-13(10-22-14)23-17(27)9-19(2,3)4;1-6-3-2-5(7)4-6/h8,10-11,18H,5-7,9H2,1-4H3,(H,23,27);5,7H,2-4H2,1H3. The quantitative estimate of drug-likeness (QED) is 0.595. The van der Waals surface area contributed by atoms with Crippen molar-refractivity contribution >= 4 is 27.3 Å². The second kappa shape index (κ2) is 11.4. The third-order valence-corrected chi connectivity index (χ3v) is 7.89. The summed E-state index contributed by atoms with van der Waals surface area (Å²) in [6.07, 6.45) is 4.64. The molecule has 1 amide bonds. The van der Waals surface area contributed by atoms with Gasteiger partial charge in [-0.1, -0.05) is 20.8 Å². The van der Waals surface area contributed by atoms with Gasteiger partial charge >= 0.3 is 6.55 Å². The van der Waals surface area contributed by atoms with E-state index < -0.39 is 16.6 Å². The van der Waals surface area contributed by atoms with Gasteiger partial charge in [-0.05, 0) is 44.7 Å². The number of rotatable bonds is 5. The van der Waals surface area contributed by atoms with Crippen molar-refractivity contribution < 1.29 is 27.1 Å². The zero-order valence-corrected chi connectivity index (χ0v) is 22.7. The van der Waals surface area contributed by atoms with E-state index in [0.29, 0.717) is 34.6 Å². The van der Waals surface area contributed by atoms with Crippen LogP contribution >= 0.6 is 0 Å². The minimum Gasteiger partial charge on any atom is -0.392 e. The number of sulfonamides is 1. The van der Waals surface area contributed by atoms with Crippen molar-refractivity contribution in [3.63, 3.8) is 0 Å². The molecule has 0 spiro atoms. The van der Waals surface area contributed by atoms with Gasteiger partial charge in [-0.25, -0.2) is 13.1 Å². The molecule has 10 nitrogen and oxygen atoms in total. The molecule has 206 valence electrons. The van der Waals surface area contributed by atoms with Crippen LogP contribution < -0.4 is 9.62 Å². The molecule has 0 radical (unpaired) electrons. The van der Waals surface area contributed by atoms with Crippen LogP contribution in [0.1, 0.15) is 58.0 Å². The van der Waals surface area contributed by atoms with Gasteiger partial charge in [0.05, 0.1) is 41.3 Å². The first kappa shape index (κ1) is 28.9. The summed E-state index contributed by atoms with van der Waals surface area (Å²) in [4.78, 5) is 18.4. The van der Waals surface area contributed by atoms with E-state index in [1.807, 2.05) is 27.8 Å². The highest BCUT2D eigenvalue weighted by atomic mass is 32.2. The molecule has 0 aliphatic carbocycles. The third-order valence-electron chi connectivity index (χ3n) is 5.97. The van der Waals surface area contributed by atoms with Gasteiger partial charge < -0.3 is 15.3 Å². The first-order valence-electron chi connectivity index (χ1n) is 12.2. The normalized spacial score (nSPS) is 18.4. The van der Waals surface area contributed by atoms with E-state index in [1.54, 1.807) is 6.07 Å². The van der Waals surface area contributed by atoms with Gasteiger partial charge in [0, 0.05) is 26.1 Å². The number of aryl methyl sites for hydroxylation is 2. The number of likely N-dealkylation sites (tertiary alicyclic amines) is 1. The number of nitrogens with one attached hydrogen (secondary N) is 1. The van der Waals surface area contributed by atoms with E-state index >= 15 is 0 Å². The van der Waals surface area contributed by atoms with Gasteiger partial charge in [-0.15, -0.1) is 0 Å². The fraction of sp³-hybridized carbons (Fsp3) is 0.625. The van der Waals surface area contributed by atoms with E-state index in [2.05, 4.69) is 20.3 Å². The summed E-state index contributed by atoms with van der Waals surface area (Å²) in [6, 6.07) is 1.56. The Balaban J connectivity index is 0.000000468. The molecule has 2 aliphatic rings. The van der Waals surface area contributed by atoms with Crippen molar-refractivity contribution in [2.45, 2.75) is 70.9 Å². The number of alkyl halides is 2. The highest BCUT2D eigenvalue weighted by Gasteiger charge is 2.33. The van der Waals surface area contributed by atoms with Crippen LogP contribution in [0.2, 0.25) is 0 Å². The van der Waals surface area contributed by atoms with E-state index in [0.717, 1.165) is 30.0 Å². The fourth-order valence-corrected chi connectivity index (χ4v) is 5.93. The molecule has 0 bridgehead atoms. The van der Waals surface area contributed by atoms with Gasteiger partial charge in [0.2, 0.25) is 5.91 Å². The molecule has 2 aliphatic heterocycles. The molecule has 37 heavy (non-hydrogen) atoms. The number of β-amino-alcohol motifs (C(OH)–C–C–N with tert-alkyl or cyclic N) is 1. The van der Waals surface area contributed by atoms with Gasteiger partial charge in [0.25, 0.3) is 10.0 Å². The van der Waals surface area contributed by atoms with Crippen LogP contribution in [0.4, 0.5) is 20.2 Å². The lowest BCUT2D eigenvalue weighted by atomic mass is 9.92. The van der Waals surface area contributed by atoms with Gasteiger partial charge in [-0.3, -0.25) is 14.1 Å². The number of hydrogen-bond acceptors (Lipinski definition) is 7. The van der Waals surface area contributed by atoms with Crippen LogP contribution in [0.15, 0.2) is 23.4 Å². The first-order chi connectivity index (χ1) is 17.2. The monoisotopic (exact) mass is 542 g/mol. The topological polar surface area (TPSA) is 121 Å². The summed E-state index contributed by atoms with van der Waals surface area (Å²) in [6.45, 7) is 6.34. The van der Waals surface area contributed by atoms with Crippen LogP contribution in [-0.2, 0) is 21.2 Å². The van der Waals surface area contributed by atoms with Crippen molar-refractivity contribution in [1.29, 1.82) is 0 Å². The second-order valence-electron chi connectivity index (χ2n) is 10.7. The Hall–Kier alpha value is -2.64. The molecule has 1 unspecified atom stereocenters. The molecular formula is C24H36F2N6O4S. The number of aliphatic hydroxyl groups is 1. The number of hydrogen-bond donors (Lipinski definition) is 2. The molecule has 4 rings (SSSR count). The van der Waals surface area contributed by atoms with E-state index in [4.69, 9.17) is 5.11 Å². The van der Waals surface area contributed by atoms with Gasteiger partial charge in [0.15, 0.2) is 0 Å². The van der Waals surface area contributed by atoms with Crippen LogP contribution in [0.3, 0.4) is 0 Å². The van der Waals surface area contributed by atoms with Crippen LogP contribution in [0.5, 0.6) is 0 Å². The molecule has 1 saturated heterocycles. The molecule has 0 saturated carbocycles. The number of anilines is 2. The Kier molecular flexibility index (Phi) is 8.91. The summed E-state index contributed by atoms with van der Waals surface area (Å²) < 4.78 is 53.9. The van der Waals surface area contributed by atoms with Crippen LogP contribution in [0.25, 0.3) is 0 Å². The van der Waals surface area contributed by atoms with Crippen molar-refractivity contribution in [2.24, 2.45) is 5.41 Å². The minimum atomic E-state index is -4.13. The zero-order chi connectivity index (χ0) is 27.5. The van der Waals surface area contributed by atoms with Crippen LogP contribution in [-0.4, -0.2) is 71.9 Å². The number of likely N-dealkylation sites (N-methyl/N-ethyl adjacent to an activating group) is 1. The molecular weight excluding hydrogens is 506 g/mol. The molecule has 2 N–H and O–H groups in total. The molecule has 2 aromatic rings. The maximum Gasteiger partial charge on any atom is 0.333 e. The number of aromatic nitrogens is 3. The molecule has 0 aromatic carbocycles. The van der Waals surface area contributed by atoms with Crippen molar-refractivity contribution in [1.82, 2.24) is 19.7 Å². The molecule has 1 atom stereocenters.